The topological polar surface area (TPSA) is 68.5 Å². The van der Waals surface area contributed by atoms with Crippen LogP contribution >= 0.6 is 23.4 Å². The predicted molar refractivity (Wildman–Crippen MR) is 106 cm³/mol. The number of rotatable bonds is 6. The number of halogens is 3. The fourth-order valence-corrected chi connectivity index (χ4v) is 4.25. The normalized spacial score (nSPS) is 11.1. The first-order valence-electron chi connectivity index (χ1n) is 8.58. The van der Waals surface area contributed by atoms with Crippen LogP contribution in [-0.2, 0) is 16.1 Å². The van der Waals surface area contributed by atoms with E-state index in [4.69, 9.17) is 16.3 Å². The zero-order chi connectivity index (χ0) is 21.3. The molecule has 0 atom stereocenters. The van der Waals surface area contributed by atoms with Crippen LogP contribution in [-0.4, -0.2) is 28.2 Å². The van der Waals surface area contributed by atoms with Gasteiger partial charge in [-0.1, -0.05) is 29.4 Å². The highest BCUT2D eigenvalue weighted by atomic mass is 35.5. The van der Waals surface area contributed by atoms with Gasteiger partial charge in [0.25, 0.3) is 0 Å². The van der Waals surface area contributed by atoms with E-state index in [-0.39, 0.29) is 27.6 Å². The average Bonchev–Trinajstić information content (AvgIpc) is 2.92. The molecule has 0 fully saturated rings. The smallest absolute Gasteiger partial charge is 0.341 e. The molecule has 0 unspecified atom stereocenters. The number of carboxylic acids is 1. The van der Waals surface area contributed by atoms with Crippen LogP contribution in [0.25, 0.3) is 10.9 Å². The highest BCUT2D eigenvalue weighted by Gasteiger charge is 2.23. The Kier molecular flexibility index (Phi) is 6.14. The number of aliphatic carboxylic acids is 1. The minimum absolute atomic E-state index is 0.0295. The van der Waals surface area contributed by atoms with E-state index in [9.17, 15) is 23.5 Å². The zero-order valence-electron chi connectivity index (χ0n) is 15.5. The molecule has 2 aromatic carbocycles. The molecule has 0 radical (unpaired) electrons. The number of hydrogen-bond donors (Lipinski definition) is 1. The standard InChI is InChI=1S/C20H16ClF2NO4S/c1-3-28-20(27)11-5-4-6-14(16(11)22)29-19-10(2)24(9-15(25)26)18-12(19)7-8-13(21)17(18)23/h4-8H,3,9H2,1-2H3,(H,25,26). The van der Waals surface area contributed by atoms with Gasteiger partial charge >= 0.3 is 11.9 Å². The van der Waals surface area contributed by atoms with Crippen LogP contribution in [0.3, 0.4) is 0 Å². The van der Waals surface area contributed by atoms with Gasteiger partial charge in [0.2, 0.25) is 0 Å². The number of nitrogens with zero attached hydrogens (tertiary/aromatic N) is 1. The lowest BCUT2D eigenvalue weighted by Crippen LogP contribution is -2.10. The summed E-state index contributed by atoms with van der Waals surface area (Å²) in [4.78, 5) is 23.8. The first-order chi connectivity index (χ1) is 13.8. The Morgan fingerprint density at radius 1 is 1.21 bits per heavy atom. The van der Waals surface area contributed by atoms with Gasteiger partial charge < -0.3 is 14.4 Å². The summed E-state index contributed by atoms with van der Waals surface area (Å²) in [5, 5.41) is 9.46. The number of fused-ring (bicyclic) bond motifs is 1. The summed E-state index contributed by atoms with van der Waals surface area (Å²) in [6.45, 7) is 2.86. The number of aromatic nitrogens is 1. The van der Waals surface area contributed by atoms with Gasteiger partial charge in [-0.15, -0.1) is 0 Å². The summed E-state index contributed by atoms with van der Waals surface area (Å²) in [5.74, 6) is -3.45. The van der Waals surface area contributed by atoms with Gasteiger partial charge in [-0.25, -0.2) is 13.6 Å². The van der Waals surface area contributed by atoms with Crippen LogP contribution < -0.4 is 0 Å². The van der Waals surface area contributed by atoms with Crippen LogP contribution in [0, 0.1) is 18.6 Å². The quantitative estimate of drug-likeness (QED) is 0.528. The Morgan fingerprint density at radius 2 is 1.93 bits per heavy atom. The molecule has 0 bridgehead atoms. The molecule has 0 saturated heterocycles. The Balaban J connectivity index is 2.16. The molecule has 152 valence electrons. The molecule has 3 aromatic rings. The Bertz CT molecular complexity index is 1130. The van der Waals surface area contributed by atoms with Gasteiger partial charge in [-0.2, -0.15) is 0 Å². The maximum Gasteiger partial charge on any atom is 0.341 e. The Morgan fingerprint density at radius 3 is 2.59 bits per heavy atom. The number of carboxylic acid groups (broad SMARTS) is 1. The van der Waals surface area contributed by atoms with Gasteiger partial charge in [0.1, 0.15) is 6.54 Å². The first-order valence-corrected chi connectivity index (χ1v) is 9.77. The van der Waals surface area contributed by atoms with Crippen LogP contribution in [0.4, 0.5) is 8.78 Å². The fourth-order valence-electron chi connectivity index (χ4n) is 3.00. The summed E-state index contributed by atoms with van der Waals surface area (Å²) in [7, 11) is 0. The first kappa shape index (κ1) is 21.1. The lowest BCUT2D eigenvalue weighted by molar-refractivity contribution is -0.137. The van der Waals surface area contributed by atoms with E-state index < -0.39 is 30.1 Å². The number of hydrogen-bond acceptors (Lipinski definition) is 4. The van der Waals surface area contributed by atoms with E-state index in [1.165, 1.54) is 28.8 Å². The molecule has 1 N–H and O–H groups in total. The van der Waals surface area contributed by atoms with Crippen molar-refractivity contribution in [2.45, 2.75) is 30.2 Å². The summed E-state index contributed by atoms with van der Waals surface area (Å²) in [5.41, 5.74) is 0.259. The summed E-state index contributed by atoms with van der Waals surface area (Å²) < 4.78 is 35.7. The molecular weight excluding hydrogens is 424 g/mol. The monoisotopic (exact) mass is 439 g/mol. The molecule has 5 nitrogen and oxygen atoms in total. The minimum Gasteiger partial charge on any atom is -0.480 e. The molecular formula is C20H16ClF2NO4S. The van der Waals surface area contributed by atoms with Crippen molar-refractivity contribution in [2.75, 3.05) is 6.61 Å². The minimum atomic E-state index is -1.16. The van der Waals surface area contributed by atoms with Gasteiger partial charge in [0, 0.05) is 20.9 Å². The number of ether oxygens (including phenoxy) is 1. The van der Waals surface area contributed by atoms with E-state index in [0.717, 1.165) is 11.8 Å². The van der Waals surface area contributed by atoms with Crippen molar-refractivity contribution in [3.8, 4) is 0 Å². The van der Waals surface area contributed by atoms with Crippen molar-refractivity contribution >= 4 is 46.2 Å². The third kappa shape index (κ3) is 3.95. The van der Waals surface area contributed by atoms with Crippen LogP contribution in [0.2, 0.25) is 5.02 Å². The van der Waals surface area contributed by atoms with Crippen molar-refractivity contribution in [3.63, 3.8) is 0 Å². The molecule has 1 heterocycles. The second kappa shape index (κ2) is 8.42. The summed E-state index contributed by atoms with van der Waals surface area (Å²) in [6, 6.07) is 7.23. The molecule has 29 heavy (non-hydrogen) atoms. The number of benzene rings is 2. The van der Waals surface area contributed by atoms with Crippen molar-refractivity contribution in [2.24, 2.45) is 0 Å². The average molecular weight is 440 g/mol. The number of carbonyl (C=O) groups is 2. The van der Waals surface area contributed by atoms with Crippen molar-refractivity contribution in [1.82, 2.24) is 4.57 Å². The Hall–Kier alpha value is -2.58. The van der Waals surface area contributed by atoms with Gasteiger partial charge in [0.15, 0.2) is 11.6 Å². The van der Waals surface area contributed by atoms with Crippen molar-refractivity contribution < 1.29 is 28.2 Å². The molecule has 3 rings (SSSR count). The second-order valence-corrected chi connectivity index (χ2v) is 7.55. The van der Waals surface area contributed by atoms with Crippen LogP contribution in [0.1, 0.15) is 23.0 Å². The summed E-state index contributed by atoms with van der Waals surface area (Å²) in [6.07, 6.45) is 0. The molecule has 9 heteroatoms. The highest BCUT2D eigenvalue weighted by molar-refractivity contribution is 7.99. The van der Waals surface area contributed by atoms with Crippen LogP contribution in [0.15, 0.2) is 40.1 Å². The van der Waals surface area contributed by atoms with E-state index in [1.54, 1.807) is 19.9 Å². The molecule has 0 spiro atoms. The fraction of sp³-hybridized carbons (Fsp3) is 0.200. The predicted octanol–water partition coefficient (Wildman–Crippen LogP) is 5.29. The molecule has 0 aliphatic heterocycles. The number of esters is 1. The van der Waals surface area contributed by atoms with Crippen molar-refractivity contribution in [3.05, 3.63) is 58.2 Å². The van der Waals surface area contributed by atoms with Gasteiger partial charge in [-0.05, 0) is 38.1 Å². The van der Waals surface area contributed by atoms with Gasteiger partial charge in [-0.3, -0.25) is 4.79 Å². The van der Waals surface area contributed by atoms with Crippen molar-refractivity contribution in [1.29, 1.82) is 0 Å². The second-order valence-electron chi connectivity index (χ2n) is 6.09. The zero-order valence-corrected chi connectivity index (χ0v) is 17.0. The van der Waals surface area contributed by atoms with E-state index in [0.29, 0.717) is 16.0 Å². The van der Waals surface area contributed by atoms with E-state index in [2.05, 4.69) is 0 Å². The SMILES string of the molecule is CCOC(=O)c1cccc(Sc2c(C)n(CC(=O)O)c3c(F)c(Cl)ccc23)c1F. The lowest BCUT2D eigenvalue weighted by Gasteiger charge is -2.08. The molecule has 0 amide bonds. The maximum absolute atomic E-state index is 14.9. The third-order valence-corrected chi connectivity index (χ3v) is 5.83. The van der Waals surface area contributed by atoms with Crippen LogP contribution in [0.5, 0.6) is 0 Å². The molecule has 1 aromatic heterocycles. The highest BCUT2D eigenvalue weighted by Crippen LogP contribution is 2.41. The lowest BCUT2D eigenvalue weighted by atomic mass is 10.2. The maximum atomic E-state index is 14.9. The summed E-state index contributed by atoms with van der Waals surface area (Å²) >= 11 is 6.85. The third-order valence-electron chi connectivity index (χ3n) is 4.28. The number of carbonyl (C=O) groups excluding carboxylic acids is 1. The Labute approximate surface area is 174 Å². The molecule has 0 aliphatic rings. The van der Waals surface area contributed by atoms with E-state index >= 15 is 0 Å². The van der Waals surface area contributed by atoms with E-state index in [1.807, 2.05) is 0 Å². The molecule has 0 saturated carbocycles. The largest absolute Gasteiger partial charge is 0.480 e. The molecule has 0 aliphatic carbocycles. The van der Waals surface area contributed by atoms with Gasteiger partial charge in [0.05, 0.1) is 22.7 Å².